The SMILES string of the molecule is O=C(NC(C(=O)O)c1cccs1)c1c[nH]c(=O)[nH]c1=O. The van der Waals surface area contributed by atoms with Crippen LogP contribution in [0.5, 0.6) is 0 Å². The maximum absolute atomic E-state index is 11.9. The number of rotatable bonds is 4. The van der Waals surface area contributed by atoms with E-state index in [1.54, 1.807) is 17.5 Å². The molecule has 0 aliphatic heterocycles. The van der Waals surface area contributed by atoms with E-state index in [1.165, 1.54) is 0 Å². The third kappa shape index (κ3) is 2.83. The van der Waals surface area contributed by atoms with Crippen LogP contribution >= 0.6 is 11.3 Å². The molecule has 0 fully saturated rings. The zero-order valence-corrected chi connectivity index (χ0v) is 10.7. The first-order valence-electron chi connectivity index (χ1n) is 5.38. The van der Waals surface area contributed by atoms with Gasteiger partial charge >= 0.3 is 11.7 Å². The average molecular weight is 295 g/mol. The highest BCUT2D eigenvalue weighted by Gasteiger charge is 2.24. The van der Waals surface area contributed by atoms with Crippen LogP contribution in [-0.2, 0) is 4.79 Å². The molecule has 0 aliphatic rings. The third-order valence-corrected chi connectivity index (χ3v) is 3.35. The van der Waals surface area contributed by atoms with Crippen LogP contribution in [-0.4, -0.2) is 27.0 Å². The summed E-state index contributed by atoms with van der Waals surface area (Å²) in [5.41, 5.74) is -2.01. The zero-order valence-electron chi connectivity index (χ0n) is 9.88. The highest BCUT2D eigenvalue weighted by molar-refractivity contribution is 7.10. The van der Waals surface area contributed by atoms with Gasteiger partial charge in [0, 0.05) is 11.1 Å². The fourth-order valence-corrected chi connectivity index (χ4v) is 2.26. The molecule has 0 spiro atoms. The molecule has 2 heterocycles. The van der Waals surface area contributed by atoms with Crippen molar-refractivity contribution < 1.29 is 14.7 Å². The fourth-order valence-electron chi connectivity index (χ4n) is 1.50. The molecule has 9 heteroatoms. The number of carbonyl (C=O) groups is 2. The van der Waals surface area contributed by atoms with Crippen LogP contribution in [0, 0.1) is 0 Å². The molecular formula is C11H9N3O5S. The minimum atomic E-state index is -1.26. The Morgan fingerprint density at radius 3 is 2.65 bits per heavy atom. The van der Waals surface area contributed by atoms with Crippen molar-refractivity contribution in [1.82, 2.24) is 15.3 Å². The normalized spacial score (nSPS) is 11.8. The Morgan fingerprint density at radius 2 is 2.10 bits per heavy atom. The van der Waals surface area contributed by atoms with Gasteiger partial charge in [0.15, 0.2) is 6.04 Å². The summed E-state index contributed by atoms with van der Waals surface area (Å²) in [5.74, 6) is -2.13. The molecule has 104 valence electrons. The Kier molecular flexibility index (Phi) is 3.80. The van der Waals surface area contributed by atoms with Gasteiger partial charge in [0.1, 0.15) is 5.56 Å². The molecule has 2 aromatic rings. The number of carboxylic acids is 1. The summed E-state index contributed by atoms with van der Waals surface area (Å²) in [6.45, 7) is 0. The van der Waals surface area contributed by atoms with E-state index in [0.717, 1.165) is 17.5 Å². The van der Waals surface area contributed by atoms with Crippen LogP contribution in [0.4, 0.5) is 0 Å². The van der Waals surface area contributed by atoms with Crippen LogP contribution in [0.2, 0.25) is 0 Å². The lowest BCUT2D eigenvalue weighted by Crippen LogP contribution is -2.37. The van der Waals surface area contributed by atoms with Crippen molar-refractivity contribution >= 4 is 23.2 Å². The number of aromatic amines is 2. The number of aromatic nitrogens is 2. The molecule has 1 amide bonds. The molecule has 1 atom stereocenters. The van der Waals surface area contributed by atoms with E-state index in [9.17, 15) is 19.2 Å². The van der Waals surface area contributed by atoms with Crippen molar-refractivity contribution in [3.63, 3.8) is 0 Å². The lowest BCUT2D eigenvalue weighted by Gasteiger charge is -2.12. The molecule has 2 rings (SSSR count). The third-order valence-electron chi connectivity index (χ3n) is 2.41. The van der Waals surface area contributed by atoms with Gasteiger partial charge in [0.05, 0.1) is 0 Å². The maximum Gasteiger partial charge on any atom is 0.331 e. The van der Waals surface area contributed by atoms with Gasteiger partial charge in [-0.3, -0.25) is 14.6 Å². The Bertz CT molecular complexity index is 746. The standard InChI is InChI=1S/C11H9N3O5S/c15-8(5-4-12-11(19)14-9(5)16)13-7(10(17)18)6-2-1-3-20-6/h1-4,7H,(H,13,15)(H,17,18)(H2,12,14,16,19). The van der Waals surface area contributed by atoms with Crippen molar-refractivity contribution in [3.05, 3.63) is 55.0 Å². The summed E-state index contributed by atoms with van der Waals surface area (Å²) >= 11 is 1.16. The van der Waals surface area contributed by atoms with Crippen LogP contribution in [0.1, 0.15) is 21.3 Å². The second kappa shape index (κ2) is 5.53. The number of carboxylic acid groups (broad SMARTS) is 1. The molecule has 0 saturated carbocycles. The molecule has 8 nitrogen and oxygen atoms in total. The van der Waals surface area contributed by atoms with Crippen molar-refractivity contribution in [3.8, 4) is 0 Å². The minimum Gasteiger partial charge on any atom is -0.479 e. The number of carbonyl (C=O) groups excluding carboxylic acids is 1. The number of thiophene rings is 1. The number of H-pyrrole nitrogens is 2. The summed E-state index contributed by atoms with van der Waals surface area (Å²) in [5, 5.41) is 13.0. The summed E-state index contributed by atoms with van der Waals surface area (Å²) in [6, 6.07) is 1.95. The lowest BCUT2D eigenvalue weighted by molar-refractivity contribution is -0.139. The first-order chi connectivity index (χ1) is 9.49. The largest absolute Gasteiger partial charge is 0.479 e. The molecular weight excluding hydrogens is 286 g/mol. The summed E-state index contributed by atoms with van der Waals surface area (Å²) in [7, 11) is 0. The molecule has 0 radical (unpaired) electrons. The van der Waals surface area contributed by atoms with Crippen molar-refractivity contribution in [2.75, 3.05) is 0 Å². The summed E-state index contributed by atoms with van der Waals surface area (Å²) < 4.78 is 0. The molecule has 4 N–H and O–H groups in total. The van der Waals surface area contributed by atoms with Gasteiger partial charge in [0.25, 0.3) is 11.5 Å². The second-order valence-electron chi connectivity index (χ2n) is 3.75. The molecule has 20 heavy (non-hydrogen) atoms. The molecule has 2 aromatic heterocycles. The molecule has 0 bridgehead atoms. The summed E-state index contributed by atoms with van der Waals surface area (Å²) in [4.78, 5) is 49.8. The van der Waals surface area contributed by atoms with Crippen LogP contribution < -0.4 is 16.6 Å². The Balaban J connectivity index is 2.27. The summed E-state index contributed by atoms with van der Waals surface area (Å²) in [6.07, 6.45) is 0.934. The lowest BCUT2D eigenvalue weighted by atomic mass is 10.2. The van der Waals surface area contributed by atoms with Gasteiger partial charge in [0.2, 0.25) is 0 Å². The van der Waals surface area contributed by atoms with E-state index >= 15 is 0 Å². The van der Waals surface area contributed by atoms with E-state index < -0.39 is 29.2 Å². The molecule has 0 aliphatic carbocycles. The van der Waals surface area contributed by atoms with Crippen molar-refractivity contribution in [1.29, 1.82) is 0 Å². The number of aliphatic carboxylic acids is 1. The molecule has 0 aromatic carbocycles. The first-order valence-corrected chi connectivity index (χ1v) is 6.26. The highest BCUT2D eigenvalue weighted by Crippen LogP contribution is 2.19. The van der Waals surface area contributed by atoms with E-state index in [2.05, 4.69) is 10.3 Å². The first kappa shape index (κ1) is 13.7. The van der Waals surface area contributed by atoms with E-state index in [1.807, 2.05) is 4.98 Å². The average Bonchev–Trinajstić information content (AvgIpc) is 2.88. The maximum atomic E-state index is 11.9. The van der Waals surface area contributed by atoms with Crippen LogP contribution in [0.15, 0.2) is 33.3 Å². The van der Waals surface area contributed by atoms with Gasteiger partial charge in [-0.25, -0.2) is 9.59 Å². The number of hydrogen-bond acceptors (Lipinski definition) is 5. The number of nitrogens with one attached hydrogen (secondary N) is 3. The van der Waals surface area contributed by atoms with Gasteiger partial charge in [-0.1, -0.05) is 6.07 Å². The van der Waals surface area contributed by atoms with Gasteiger partial charge in [-0.15, -0.1) is 11.3 Å². The van der Waals surface area contributed by atoms with Gasteiger partial charge in [-0.05, 0) is 11.4 Å². The number of hydrogen-bond donors (Lipinski definition) is 4. The van der Waals surface area contributed by atoms with Crippen LogP contribution in [0.3, 0.4) is 0 Å². The quantitative estimate of drug-likeness (QED) is 0.613. The molecule has 0 saturated heterocycles. The highest BCUT2D eigenvalue weighted by atomic mass is 32.1. The van der Waals surface area contributed by atoms with Crippen molar-refractivity contribution in [2.45, 2.75) is 6.04 Å². The van der Waals surface area contributed by atoms with Crippen LogP contribution in [0.25, 0.3) is 0 Å². The van der Waals surface area contributed by atoms with Gasteiger partial charge < -0.3 is 15.4 Å². The zero-order chi connectivity index (χ0) is 14.7. The fraction of sp³-hybridized carbons (Fsp3) is 0.0909. The Hall–Kier alpha value is -2.68. The predicted molar refractivity (Wildman–Crippen MR) is 69.8 cm³/mol. The van der Waals surface area contributed by atoms with Crippen molar-refractivity contribution in [2.24, 2.45) is 0 Å². The predicted octanol–water partition coefficient (Wildman–Crippen LogP) is -0.320. The van der Waals surface area contributed by atoms with E-state index in [4.69, 9.17) is 5.11 Å². The molecule has 1 unspecified atom stereocenters. The number of amides is 1. The van der Waals surface area contributed by atoms with E-state index in [0.29, 0.717) is 4.88 Å². The minimum absolute atomic E-state index is 0.368. The Morgan fingerprint density at radius 1 is 1.35 bits per heavy atom. The Labute approximate surface area is 115 Å². The van der Waals surface area contributed by atoms with Gasteiger partial charge in [-0.2, -0.15) is 0 Å². The second-order valence-corrected chi connectivity index (χ2v) is 4.73. The monoisotopic (exact) mass is 295 g/mol. The van der Waals surface area contributed by atoms with E-state index in [-0.39, 0.29) is 5.56 Å². The topological polar surface area (TPSA) is 132 Å². The smallest absolute Gasteiger partial charge is 0.331 e.